The van der Waals surface area contributed by atoms with Crippen molar-refractivity contribution in [2.24, 2.45) is 5.92 Å². The van der Waals surface area contributed by atoms with E-state index in [0.717, 1.165) is 0 Å². The number of allylic oxidation sites excluding steroid dienone is 4. The van der Waals surface area contributed by atoms with Gasteiger partial charge in [0.05, 0.1) is 48.4 Å². The van der Waals surface area contributed by atoms with Crippen LogP contribution in [0.1, 0.15) is 61.1 Å². The maximum atomic E-state index is 2.83. The lowest BCUT2D eigenvalue weighted by atomic mass is 10.1. The number of aryl methyl sites for hydroxylation is 3. The lowest BCUT2D eigenvalue weighted by Gasteiger charge is -2.46. The van der Waals surface area contributed by atoms with Crippen molar-refractivity contribution in [2.45, 2.75) is 187 Å². The van der Waals surface area contributed by atoms with E-state index in [2.05, 4.69) is 205 Å². The minimum atomic E-state index is -3.05. The topological polar surface area (TPSA) is 0 Å². The van der Waals surface area contributed by atoms with E-state index >= 15 is 0 Å². The first-order chi connectivity index (χ1) is 25.8. The molecule has 1 aliphatic rings. The highest BCUT2D eigenvalue weighted by Gasteiger charge is 2.53. The lowest BCUT2D eigenvalue weighted by molar-refractivity contribution is 0.851. The molecule has 0 amide bonds. The molecule has 320 valence electrons. The van der Waals surface area contributed by atoms with Crippen molar-refractivity contribution in [3.63, 3.8) is 0 Å². The molecule has 1 aliphatic carbocycles. The van der Waals surface area contributed by atoms with Crippen LogP contribution in [0.3, 0.4) is 0 Å². The molecule has 58 heavy (non-hydrogen) atoms. The number of hydrogen-bond acceptors (Lipinski definition) is 0. The van der Waals surface area contributed by atoms with Gasteiger partial charge in [0.2, 0.25) is 0 Å². The molecule has 0 aromatic heterocycles. The van der Waals surface area contributed by atoms with E-state index in [-0.39, 0.29) is 0 Å². The van der Waals surface area contributed by atoms with E-state index in [4.69, 9.17) is 0 Å². The monoisotopic (exact) mass is 897 g/mol. The van der Waals surface area contributed by atoms with Crippen LogP contribution in [0.4, 0.5) is 0 Å². The molecule has 3 aromatic carbocycles. The van der Waals surface area contributed by atoms with Gasteiger partial charge in [-0.1, -0.05) is 224 Å². The Hall–Kier alpha value is -1.34. The zero-order chi connectivity index (χ0) is 45.2. The van der Waals surface area contributed by atoms with Gasteiger partial charge in [-0.2, -0.15) is 0 Å². The molecular formula is C51H88Si7. The summed E-state index contributed by atoms with van der Waals surface area (Å²) in [5, 5.41) is 17.5. The van der Waals surface area contributed by atoms with E-state index in [1.165, 1.54) is 5.57 Å². The first-order valence-corrected chi connectivity index (χ1v) is 45.6. The summed E-state index contributed by atoms with van der Waals surface area (Å²) in [6.45, 7) is 72.8. The largest absolute Gasteiger partial charge is 0.177 e. The summed E-state index contributed by atoms with van der Waals surface area (Å²) in [6.07, 6.45) is 0. The molecule has 7 heteroatoms. The molecule has 0 aliphatic heterocycles. The Balaban J connectivity index is 2.69. The molecule has 3 aromatic rings. The Morgan fingerprint density at radius 1 is 0.328 bits per heavy atom. The molecule has 1 unspecified atom stereocenters. The van der Waals surface area contributed by atoms with Crippen LogP contribution >= 0.6 is 0 Å². The smallest absolute Gasteiger partial charge is 0.0656 e. The Morgan fingerprint density at radius 3 is 0.724 bits per heavy atom. The van der Waals surface area contributed by atoms with Crippen molar-refractivity contribution < 1.29 is 0 Å². The van der Waals surface area contributed by atoms with Crippen LogP contribution in [-0.4, -0.2) is 56.5 Å². The Bertz CT molecular complexity index is 2010. The van der Waals surface area contributed by atoms with Gasteiger partial charge in [0, 0.05) is 0 Å². The molecule has 0 N–H and O–H groups in total. The minimum absolute atomic E-state index is 0.386. The van der Waals surface area contributed by atoms with Crippen molar-refractivity contribution in [3.8, 4) is 0 Å². The van der Waals surface area contributed by atoms with Gasteiger partial charge < -0.3 is 0 Å². The molecule has 4 rings (SSSR count). The molecule has 0 fully saturated rings. The van der Waals surface area contributed by atoms with Crippen molar-refractivity contribution in [3.05, 3.63) is 73.5 Å². The quantitative estimate of drug-likeness (QED) is 0.141. The highest BCUT2D eigenvalue weighted by Crippen LogP contribution is 2.42. The molecule has 0 saturated carbocycles. The zero-order valence-electron chi connectivity index (χ0n) is 43.3. The molecule has 0 heterocycles. The molecular weight excluding hydrogens is 809 g/mol. The lowest BCUT2D eigenvalue weighted by Crippen LogP contribution is -2.76. The average molecular weight is 898 g/mol. The van der Waals surface area contributed by atoms with Crippen molar-refractivity contribution in [2.75, 3.05) is 0 Å². The zero-order valence-corrected chi connectivity index (χ0v) is 50.3. The van der Waals surface area contributed by atoms with Gasteiger partial charge in [-0.3, -0.25) is 0 Å². The second kappa shape index (κ2) is 15.5. The Kier molecular flexibility index (Phi) is 13.2. The van der Waals surface area contributed by atoms with Crippen LogP contribution in [0.25, 0.3) is 0 Å². The van der Waals surface area contributed by atoms with Crippen LogP contribution in [0, 0.1) is 47.5 Å². The fraction of sp³-hybridized carbons (Fsp3) is 0.569. The fourth-order valence-electron chi connectivity index (χ4n) is 12.5. The number of rotatable bonds is 10. The predicted molar refractivity (Wildman–Crippen MR) is 291 cm³/mol. The van der Waals surface area contributed by atoms with Gasteiger partial charge in [-0.25, -0.2) is 0 Å². The summed E-state index contributed by atoms with van der Waals surface area (Å²) in [6, 6.07) is 8.50. The first-order valence-electron chi connectivity index (χ1n) is 22.6. The van der Waals surface area contributed by atoms with Gasteiger partial charge in [0.15, 0.2) is 8.07 Å². The predicted octanol–water partition coefficient (Wildman–Crippen LogP) is 10.1. The summed E-state index contributed by atoms with van der Waals surface area (Å²) in [7, 11) is -13.6. The van der Waals surface area contributed by atoms with Crippen LogP contribution in [0.5, 0.6) is 0 Å². The maximum absolute atomic E-state index is 3.05. The third-order valence-electron chi connectivity index (χ3n) is 14.1. The summed E-state index contributed by atoms with van der Waals surface area (Å²) in [4.78, 5) is 0. The van der Waals surface area contributed by atoms with E-state index in [1.807, 2.05) is 0 Å². The maximum Gasteiger partial charge on any atom is 0.177 e. The molecule has 0 bridgehead atoms. The third kappa shape index (κ3) is 8.19. The summed E-state index contributed by atoms with van der Waals surface area (Å²) in [5.41, 5.74) is 14.3. The molecule has 1 atom stereocenters. The molecule has 0 spiro atoms. The van der Waals surface area contributed by atoms with Gasteiger partial charge >= 0.3 is 0 Å². The van der Waals surface area contributed by atoms with Crippen molar-refractivity contribution >= 4 is 103 Å². The van der Waals surface area contributed by atoms with Gasteiger partial charge in [-0.05, 0) is 89.4 Å². The Morgan fingerprint density at radius 2 is 0.552 bits per heavy atom. The summed E-state index contributed by atoms with van der Waals surface area (Å²) >= 11 is 0. The SMILES string of the molecule is CC1=C(C)C(C)C([Si](c2cc(C)c([Si](C)(C)C)c([Si](C)(C)C)c2C)(c2cc(C)c([Si](C)(C)C)c([Si](C)(C)C)c2C)c2cc(C)c([Si](C)(C)C)c([Si](C)(C)C)c2C)=C1C. The highest BCUT2D eigenvalue weighted by atomic mass is 28.3. The molecule has 0 nitrogen and oxygen atoms in total. The van der Waals surface area contributed by atoms with Crippen LogP contribution < -0.4 is 46.7 Å². The average Bonchev–Trinajstić information content (AvgIpc) is 3.19. The Labute approximate surface area is 367 Å². The van der Waals surface area contributed by atoms with Crippen molar-refractivity contribution in [1.82, 2.24) is 0 Å². The highest BCUT2D eigenvalue weighted by molar-refractivity contribution is 7.18. The standard InChI is InChI=1S/C51H88Si7/c1-32-29-42(39(8)49(55(20,21)22)45(32)52(11,12)13)58(48-37(6)35(4)36(5)38(48)7,43-30-33(2)46(53(14,15)16)50(40(43)9)56(23,24)25)44-31-34(3)47(54(17,18)19)51(41(44)10)57(26,27)28/h29-31,37H,1-28H3. The fourth-order valence-corrected chi connectivity index (χ4v) is 39.5. The van der Waals surface area contributed by atoms with Crippen LogP contribution in [0.15, 0.2) is 40.1 Å². The van der Waals surface area contributed by atoms with Crippen LogP contribution in [-0.2, 0) is 0 Å². The van der Waals surface area contributed by atoms with Crippen molar-refractivity contribution in [1.29, 1.82) is 0 Å². The summed E-state index contributed by atoms with van der Waals surface area (Å²) in [5.74, 6) is 0.386. The van der Waals surface area contributed by atoms with E-state index in [1.54, 1.807) is 96.4 Å². The molecule has 0 saturated heterocycles. The van der Waals surface area contributed by atoms with Gasteiger partial charge in [-0.15, -0.1) is 0 Å². The third-order valence-corrected chi connectivity index (χ3v) is 33.3. The second-order valence-electron chi connectivity index (χ2n) is 25.2. The normalized spacial score (nSPS) is 16.7. The van der Waals surface area contributed by atoms with Gasteiger partial charge in [0.25, 0.3) is 0 Å². The second-order valence-corrected chi connectivity index (χ2v) is 58.8. The van der Waals surface area contributed by atoms with E-state index in [0.29, 0.717) is 5.92 Å². The van der Waals surface area contributed by atoms with E-state index in [9.17, 15) is 0 Å². The first kappa shape index (κ1) is 49.3. The van der Waals surface area contributed by atoms with E-state index < -0.39 is 56.5 Å². The molecule has 0 radical (unpaired) electrons. The summed E-state index contributed by atoms with van der Waals surface area (Å²) < 4.78 is 0. The number of hydrogen-bond donors (Lipinski definition) is 0. The van der Waals surface area contributed by atoms with Gasteiger partial charge in [0.1, 0.15) is 0 Å². The minimum Gasteiger partial charge on any atom is -0.0656 e. The van der Waals surface area contributed by atoms with Crippen LogP contribution in [0.2, 0.25) is 118 Å². The number of benzene rings is 3.